The third-order valence-corrected chi connectivity index (χ3v) is 6.26. The summed E-state index contributed by atoms with van der Waals surface area (Å²) in [6.07, 6.45) is 0. The molecule has 3 aromatic rings. The number of methoxy groups -OCH3 is 2. The number of para-hydroxylation sites is 1. The van der Waals surface area contributed by atoms with Gasteiger partial charge in [-0.2, -0.15) is 0 Å². The van der Waals surface area contributed by atoms with Crippen molar-refractivity contribution in [3.05, 3.63) is 89.0 Å². The molecule has 1 aliphatic rings. The van der Waals surface area contributed by atoms with Crippen molar-refractivity contribution < 1.29 is 38.4 Å². The van der Waals surface area contributed by atoms with Gasteiger partial charge >= 0.3 is 5.97 Å². The first-order chi connectivity index (χ1) is 18.9. The SMILES string of the molecule is CCOc1ccc(/C(O)=C2\C(=O)C(=O)N(c3ccc(C(=O)OC)cc3)C2c2ccccc2OC)c(OCC)c1. The molecule has 1 N–H and O–H groups in total. The average molecular weight is 532 g/mol. The van der Waals surface area contributed by atoms with Gasteiger partial charge in [-0.1, -0.05) is 18.2 Å². The molecule has 3 aromatic carbocycles. The molecular formula is C30H29NO8. The Balaban J connectivity index is 1.94. The maximum absolute atomic E-state index is 13.6. The zero-order chi connectivity index (χ0) is 28.1. The molecule has 1 saturated heterocycles. The van der Waals surface area contributed by atoms with Crippen LogP contribution in [0.25, 0.3) is 5.76 Å². The molecule has 1 heterocycles. The van der Waals surface area contributed by atoms with E-state index in [2.05, 4.69) is 0 Å². The number of carbonyl (C=O) groups is 3. The van der Waals surface area contributed by atoms with Crippen LogP contribution in [0, 0.1) is 0 Å². The predicted octanol–water partition coefficient (Wildman–Crippen LogP) is 4.91. The molecule has 0 spiro atoms. The first kappa shape index (κ1) is 27.3. The summed E-state index contributed by atoms with van der Waals surface area (Å²) in [7, 11) is 2.75. The van der Waals surface area contributed by atoms with Gasteiger partial charge in [0.1, 0.15) is 23.0 Å². The number of rotatable bonds is 9. The second-order valence-electron chi connectivity index (χ2n) is 8.47. The van der Waals surface area contributed by atoms with Gasteiger partial charge in [-0.05, 0) is 56.3 Å². The van der Waals surface area contributed by atoms with Gasteiger partial charge in [-0.15, -0.1) is 0 Å². The van der Waals surface area contributed by atoms with E-state index in [0.717, 1.165) is 0 Å². The summed E-state index contributed by atoms with van der Waals surface area (Å²) >= 11 is 0. The number of carbonyl (C=O) groups excluding carboxylic acids is 3. The molecule has 9 heteroatoms. The second-order valence-corrected chi connectivity index (χ2v) is 8.47. The number of hydrogen-bond acceptors (Lipinski definition) is 8. The molecule has 0 radical (unpaired) electrons. The highest BCUT2D eigenvalue weighted by Crippen LogP contribution is 2.46. The number of aliphatic hydroxyl groups excluding tert-OH is 1. The molecule has 1 aliphatic heterocycles. The lowest BCUT2D eigenvalue weighted by Crippen LogP contribution is -2.29. The Morgan fingerprint density at radius 3 is 2.23 bits per heavy atom. The Kier molecular flexibility index (Phi) is 8.19. The van der Waals surface area contributed by atoms with Gasteiger partial charge in [0, 0.05) is 17.3 Å². The minimum Gasteiger partial charge on any atom is -0.507 e. The van der Waals surface area contributed by atoms with Crippen LogP contribution in [0.15, 0.2) is 72.3 Å². The van der Waals surface area contributed by atoms with Gasteiger partial charge in [0.05, 0.1) is 50.2 Å². The van der Waals surface area contributed by atoms with Gasteiger partial charge in [0.2, 0.25) is 0 Å². The molecule has 0 saturated carbocycles. The molecule has 9 nitrogen and oxygen atoms in total. The number of ketones is 1. The van der Waals surface area contributed by atoms with Crippen molar-refractivity contribution in [3.8, 4) is 17.2 Å². The first-order valence-corrected chi connectivity index (χ1v) is 12.4. The highest BCUT2D eigenvalue weighted by molar-refractivity contribution is 6.51. The van der Waals surface area contributed by atoms with Crippen molar-refractivity contribution in [2.75, 3.05) is 32.3 Å². The maximum atomic E-state index is 13.6. The van der Waals surface area contributed by atoms with E-state index in [0.29, 0.717) is 41.7 Å². The van der Waals surface area contributed by atoms with Crippen LogP contribution in [0.1, 0.15) is 41.4 Å². The Labute approximate surface area is 226 Å². The minimum atomic E-state index is -1.04. The summed E-state index contributed by atoms with van der Waals surface area (Å²) in [6, 6.07) is 16.9. The smallest absolute Gasteiger partial charge is 0.337 e. The van der Waals surface area contributed by atoms with E-state index in [1.807, 2.05) is 6.92 Å². The van der Waals surface area contributed by atoms with E-state index in [-0.39, 0.29) is 16.7 Å². The van der Waals surface area contributed by atoms with Crippen LogP contribution in [-0.4, -0.2) is 50.2 Å². The van der Waals surface area contributed by atoms with Gasteiger partial charge in [0.15, 0.2) is 0 Å². The molecular weight excluding hydrogens is 502 g/mol. The lowest BCUT2D eigenvalue weighted by molar-refractivity contribution is -0.132. The van der Waals surface area contributed by atoms with Gasteiger partial charge in [-0.3, -0.25) is 14.5 Å². The molecule has 202 valence electrons. The number of aliphatic hydroxyl groups is 1. The van der Waals surface area contributed by atoms with Gasteiger partial charge in [0.25, 0.3) is 11.7 Å². The van der Waals surface area contributed by atoms with E-state index in [4.69, 9.17) is 18.9 Å². The van der Waals surface area contributed by atoms with Crippen molar-refractivity contribution in [2.45, 2.75) is 19.9 Å². The van der Waals surface area contributed by atoms with Crippen LogP contribution < -0.4 is 19.1 Å². The molecule has 1 atom stereocenters. The van der Waals surface area contributed by atoms with Crippen LogP contribution >= 0.6 is 0 Å². The van der Waals surface area contributed by atoms with Crippen LogP contribution in [0.2, 0.25) is 0 Å². The van der Waals surface area contributed by atoms with Crippen molar-refractivity contribution in [2.24, 2.45) is 0 Å². The number of benzene rings is 3. The van der Waals surface area contributed by atoms with Crippen LogP contribution in [-0.2, 0) is 14.3 Å². The number of anilines is 1. The molecule has 0 bridgehead atoms. The summed E-state index contributed by atoms with van der Waals surface area (Å²) < 4.78 is 21.6. The molecule has 1 fully saturated rings. The Bertz CT molecular complexity index is 1430. The molecule has 0 aliphatic carbocycles. The largest absolute Gasteiger partial charge is 0.507 e. The Morgan fingerprint density at radius 1 is 0.897 bits per heavy atom. The summed E-state index contributed by atoms with van der Waals surface area (Å²) in [6.45, 7) is 4.38. The normalized spacial score (nSPS) is 16.2. The van der Waals surface area contributed by atoms with E-state index in [1.54, 1.807) is 61.5 Å². The number of Topliss-reactive ketones (excluding diaryl/α,β-unsaturated/α-hetero) is 1. The van der Waals surface area contributed by atoms with Crippen LogP contribution in [0.3, 0.4) is 0 Å². The fourth-order valence-corrected chi connectivity index (χ4v) is 4.54. The third-order valence-electron chi connectivity index (χ3n) is 6.26. The van der Waals surface area contributed by atoms with Crippen molar-refractivity contribution in [1.82, 2.24) is 0 Å². The Morgan fingerprint density at radius 2 is 1.59 bits per heavy atom. The van der Waals surface area contributed by atoms with E-state index < -0.39 is 29.5 Å². The second kappa shape index (κ2) is 11.7. The Hall–Kier alpha value is -4.79. The van der Waals surface area contributed by atoms with E-state index in [9.17, 15) is 19.5 Å². The van der Waals surface area contributed by atoms with E-state index >= 15 is 0 Å². The molecule has 39 heavy (non-hydrogen) atoms. The number of esters is 1. The number of nitrogens with zero attached hydrogens (tertiary/aromatic N) is 1. The summed E-state index contributed by atoms with van der Waals surface area (Å²) in [4.78, 5) is 40.3. The van der Waals surface area contributed by atoms with Gasteiger partial charge < -0.3 is 24.1 Å². The highest BCUT2D eigenvalue weighted by atomic mass is 16.5. The molecule has 1 unspecified atom stereocenters. The summed E-state index contributed by atoms with van der Waals surface area (Å²) in [5, 5.41) is 11.6. The number of hydrogen-bond donors (Lipinski definition) is 1. The minimum absolute atomic E-state index is 0.133. The van der Waals surface area contributed by atoms with E-state index in [1.165, 1.54) is 31.3 Å². The van der Waals surface area contributed by atoms with Crippen molar-refractivity contribution >= 4 is 29.1 Å². The standard InChI is InChI=1S/C30H29NO8/c1-5-38-20-15-16-22(24(17-20)39-6-2)27(32)25-26(21-9-7-8-10-23(21)36-3)31(29(34)28(25)33)19-13-11-18(12-14-19)30(35)37-4/h7-17,26,32H,5-6H2,1-4H3/b27-25+. The molecule has 4 rings (SSSR count). The topological polar surface area (TPSA) is 112 Å². The van der Waals surface area contributed by atoms with Crippen molar-refractivity contribution in [3.63, 3.8) is 0 Å². The highest BCUT2D eigenvalue weighted by Gasteiger charge is 2.48. The summed E-state index contributed by atoms with van der Waals surface area (Å²) in [5.74, 6) is -1.41. The monoisotopic (exact) mass is 531 g/mol. The lowest BCUT2D eigenvalue weighted by atomic mass is 9.94. The number of amides is 1. The lowest BCUT2D eigenvalue weighted by Gasteiger charge is -2.27. The third kappa shape index (κ3) is 5.16. The average Bonchev–Trinajstić information content (AvgIpc) is 3.22. The van der Waals surface area contributed by atoms with Crippen LogP contribution in [0.5, 0.6) is 17.2 Å². The fraction of sp³-hybridized carbons (Fsp3) is 0.233. The maximum Gasteiger partial charge on any atom is 0.337 e. The predicted molar refractivity (Wildman–Crippen MR) is 144 cm³/mol. The molecule has 1 amide bonds. The van der Waals surface area contributed by atoms with Crippen LogP contribution in [0.4, 0.5) is 5.69 Å². The number of ether oxygens (including phenoxy) is 4. The first-order valence-electron chi connectivity index (χ1n) is 12.4. The van der Waals surface area contributed by atoms with Gasteiger partial charge in [-0.25, -0.2) is 4.79 Å². The molecule has 0 aromatic heterocycles. The fourth-order valence-electron chi connectivity index (χ4n) is 4.54. The zero-order valence-electron chi connectivity index (χ0n) is 22.1. The zero-order valence-corrected chi connectivity index (χ0v) is 22.1. The van der Waals surface area contributed by atoms with Crippen molar-refractivity contribution in [1.29, 1.82) is 0 Å². The quantitative estimate of drug-likeness (QED) is 0.180. The summed E-state index contributed by atoms with van der Waals surface area (Å²) in [5.41, 5.74) is 1.21.